The molecule has 4 atom stereocenters. The van der Waals surface area contributed by atoms with E-state index in [9.17, 15) is 28.8 Å². The van der Waals surface area contributed by atoms with Crippen LogP contribution < -0.4 is 20.9 Å². The molecule has 3 N–H and O–H groups in total. The number of piperidine rings is 3. The number of likely N-dealkylation sites (N-methyl/N-ethyl adjacent to an activating group) is 1. The van der Waals surface area contributed by atoms with Crippen molar-refractivity contribution in [3.05, 3.63) is 76.1 Å². The quantitative estimate of drug-likeness (QED) is 0.281. The number of hydrogen-bond donors (Lipinski definition) is 2. The van der Waals surface area contributed by atoms with E-state index in [1.165, 1.54) is 5.56 Å². The van der Waals surface area contributed by atoms with Gasteiger partial charge in [0, 0.05) is 57.9 Å². The molecule has 6 aliphatic heterocycles. The van der Waals surface area contributed by atoms with Gasteiger partial charge in [0.1, 0.15) is 6.04 Å². The van der Waals surface area contributed by atoms with Gasteiger partial charge in [-0.2, -0.15) is 0 Å². The second-order valence-corrected chi connectivity index (χ2v) is 17.6. The van der Waals surface area contributed by atoms with Crippen molar-refractivity contribution in [3.8, 4) is 0 Å². The number of imide groups is 2. The highest BCUT2D eigenvalue weighted by atomic mass is 16.2. The van der Waals surface area contributed by atoms with E-state index in [4.69, 9.17) is 10.7 Å². The Balaban J connectivity index is 0.718. The van der Waals surface area contributed by atoms with Gasteiger partial charge >= 0.3 is 6.03 Å². The minimum Gasteiger partial charge on any atom is -0.368 e. The van der Waals surface area contributed by atoms with Gasteiger partial charge in [-0.05, 0) is 99.2 Å². The van der Waals surface area contributed by atoms with Crippen LogP contribution in [-0.4, -0.2) is 147 Å². The first-order valence-corrected chi connectivity index (χ1v) is 21.3. The third-order valence-corrected chi connectivity index (χ3v) is 14.1. The Hall–Kier alpha value is -5.97. The van der Waals surface area contributed by atoms with Gasteiger partial charge in [0.15, 0.2) is 5.69 Å². The van der Waals surface area contributed by atoms with E-state index in [2.05, 4.69) is 54.5 Å². The van der Waals surface area contributed by atoms with Gasteiger partial charge in [0.2, 0.25) is 17.8 Å². The molecule has 1 aromatic heterocycles. The normalized spacial score (nSPS) is 26.1. The zero-order valence-electron chi connectivity index (χ0n) is 33.7. The molecule has 7 aliphatic rings. The van der Waals surface area contributed by atoms with Crippen LogP contribution in [0.25, 0.3) is 0 Å². The van der Waals surface area contributed by atoms with Crippen LogP contribution in [0.15, 0.2) is 42.5 Å². The minimum absolute atomic E-state index is 0.0771. The predicted molar refractivity (Wildman–Crippen MR) is 217 cm³/mol. The molecule has 312 valence electrons. The van der Waals surface area contributed by atoms with Crippen molar-refractivity contribution in [1.82, 2.24) is 40.1 Å². The van der Waals surface area contributed by atoms with E-state index in [-0.39, 0.29) is 36.7 Å². The number of benzene rings is 2. The van der Waals surface area contributed by atoms with Crippen LogP contribution in [-0.2, 0) is 22.4 Å². The summed E-state index contributed by atoms with van der Waals surface area (Å²) in [6, 6.07) is 13.8. The van der Waals surface area contributed by atoms with E-state index in [1.54, 1.807) is 17.0 Å². The molecule has 7 heterocycles. The van der Waals surface area contributed by atoms with E-state index in [1.807, 2.05) is 18.0 Å². The Bertz CT molecular complexity index is 2290. The van der Waals surface area contributed by atoms with Gasteiger partial charge in [-0.1, -0.05) is 24.3 Å². The fourth-order valence-electron chi connectivity index (χ4n) is 10.7. The number of amides is 7. The van der Waals surface area contributed by atoms with Crippen molar-refractivity contribution >= 4 is 47.2 Å². The number of carbonyl (C=O) groups is 6. The van der Waals surface area contributed by atoms with E-state index < -0.39 is 35.6 Å². The lowest BCUT2D eigenvalue weighted by atomic mass is 9.87. The second-order valence-electron chi connectivity index (χ2n) is 17.6. The monoisotopic (exact) mass is 815 g/mol. The maximum Gasteiger partial charge on any atom is 0.320 e. The number of likely N-dealkylation sites (tertiary alicyclic amines) is 1. The molecule has 1 saturated carbocycles. The number of hydrogen-bond acceptors (Lipinski definition) is 12. The number of nitrogens with two attached hydrogens (primary N) is 1. The molecule has 5 saturated heterocycles. The maximum absolute atomic E-state index is 13.3. The van der Waals surface area contributed by atoms with Crippen molar-refractivity contribution in [3.63, 3.8) is 0 Å². The van der Waals surface area contributed by atoms with Crippen LogP contribution in [0.2, 0.25) is 0 Å². The molecule has 2 bridgehead atoms. The third-order valence-electron chi connectivity index (χ3n) is 14.1. The number of aryl methyl sites for hydroxylation is 2. The highest BCUT2D eigenvalue weighted by molar-refractivity contribution is 6.23. The molecule has 0 spiro atoms. The van der Waals surface area contributed by atoms with Gasteiger partial charge in [-0.3, -0.25) is 39.1 Å². The predicted octanol–water partition coefficient (Wildman–Crippen LogP) is 1.56. The molecule has 6 fully saturated rings. The first kappa shape index (κ1) is 38.2. The smallest absolute Gasteiger partial charge is 0.320 e. The van der Waals surface area contributed by atoms with Crippen LogP contribution in [0.1, 0.15) is 92.5 Å². The van der Waals surface area contributed by atoms with Crippen LogP contribution in [0, 0.1) is 5.92 Å². The zero-order chi connectivity index (χ0) is 41.4. The summed E-state index contributed by atoms with van der Waals surface area (Å²) in [6.45, 7) is 5.92. The summed E-state index contributed by atoms with van der Waals surface area (Å²) in [5, 5.41) is 10.9. The molecule has 7 amide bonds. The Morgan fingerprint density at radius 1 is 0.817 bits per heavy atom. The molecule has 10 rings (SSSR count). The number of carbonyl (C=O) groups excluding carboxylic acids is 6. The Kier molecular flexibility index (Phi) is 9.52. The average Bonchev–Trinajstić information content (AvgIpc) is 3.99. The van der Waals surface area contributed by atoms with Crippen molar-refractivity contribution < 1.29 is 28.8 Å². The molecule has 4 unspecified atom stereocenters. The van der Waals surface area contributed by atoms with Crippen LogP contribution in [0.3, 0.4) is 0 Å². The Labute approximate surface area is 347 Å². The summed E-state index contributed by atoms with van der Waals surface area (Å²) in [6.07, 6.45) is 5.48. The number of nitrogens with zero attached hydrogens (tertiary/aromatic N) is 9. The zero-order valence-corrected chi connectivity index (χ0v) is 33.7. The van der Waals surface area contributed by atoms with Crippen molar-refractivity contribution in [2.75, 3.05) is 62.7 Å². The van der Waals surface area contributed by atoms with Crippen molar-refractivity contribution in [2.45, 2.75) is 81.5 Å². The molecular weight excluding hydrogens is 767 g/mol. The molecule has 3 aromatic rings. The van der Waals surface area contributed by atoms with Gasteiger partial charge < -0.3 is 25.3 Å². The average molecular weight is 816 g/mol. The van der Waals surface area contributed by atoms with E-state index >= 15 is 0 Å². The van der Waals surface area contributed by atoms with E-state index in [0.717, 1.165) is 87.6 Å². The molecule has 0 radical (unpaired) electrons. The number of nitrogens with one attached hydrogen (secondary N) is 1. The fraction of sp³-hybridized carbons (Fsp3) is 0.512. The number of fused-ring (bicyclic) bond motifs is 3. The van der Waals surface area contributed by atoms with Gasteiger partial charge in [0.25, 0.3) is 17.7 Å². The first-order chi connectivity index (χ1) is 29.0. The molecule has 1 aliphatic carbocycles. The highest BCUT2D eigenvalue weighted by Gasteiger charge is 2.51. The topological polar surface area (TPSA) is 199 Å². The number of urea groups is 1. The SMILES string of the molecule is CN1CCN(C2CC3CC2N(c2nnc(C(N)=O)c(CCc4ccc(C5CCN(C6CN(c7ccc8c(c7)C(=O)N(C7CCC(=O)NC7=O)C8=O)C6)CC5)cc4)n2)C3)C1=O. The number of aromatic nitrogens is 3. The molecule has 2 aromatic carbocycles. The number of anilines is 2. The van der Waals surface area contributed by atoms with Crippen molar-refractivity contribution in [1.29, 1.82) is 0 Å². The standard InChI is InChI=1S/C43H49N11O6/c1-49-16-17-52(43(49)60)34-18-25-19-35(34)53(21-25)42-45-32(37(38(44)56)47-48-42)9-4-24-2-5-26(6-3-24)27-12-14-50(15-13-27)29-22-51(23-29)28-7-8-30-31(20-28)41(59)54(40(30)58)33-10-11-36(55)46-39(33)57/h2-3,5-8,20,25,27,29,33-35H,4,9-19,21-23H2,1H3,(H2,44,56)(H,46,55,57). The van der Waals surface area contributed by atoms with Crippen LogP contribution in [0.4, 0.5) is 16.4 Å². The third kappa shape index (κ3) is 6.62. The lowest BCUT2D eigenvalue weighted by molar-refractivity contribution is -0.136. The van der Waals surface area contributed by atoms with Gasteiger partial charge in [-0.15, -0.1) is 10.2 Å². The molecule has 17 heteroatoms. The number of primary amides is 1. The highest BCUT2D eigenvalue weighted by Crippen LogP contribution is 2.43. The largest absolute Gasteiger partial charge is 0.368 e. The summed E-state index contributed by atoms with van der Waals surface area (Å²) in [7, 11) is 1.84. The van der Waals surface area contributed by atoms with Crippen LogP contribution in [0.5, 0.6) is 0 Å². The fourth-order valence-corrected chi connectivity index (χ4v) is 10.7. The molecule has 60 heavy (non-hydrogen) atoms. The van der Waals surface area contributed by atoms with Crippen molar-refractivity contribution in [2.24, 2.45) is 11.7 Å². The second kappa shape index (κ2) is 14.9. The summed E-state index contributed by atoms with van der Waals surface area (Å²) >= 11 is 0. The van der Waals surface area contributed by atoms with E-state index in [0.29, 0.717) is 53.5 Å². The van der Waals surface area contributed by atoms with Crippen LogP contribution >= 0.6 is 0 Å². The summed E-state index contributed by atoms with van der Waals surface area (Å²) in [4.78, 5) is 92.3. The number of rotatable bonds is 10. The lowest BCUT2D eigenvalue weighted by Gasteiger charge is -2.48. The minimum atomic E-state index is -0.976. The first-order valence-electron chi connectivity index (χ1n) is 21.3. The molecule has 17 nitrogen and oxygen atoms in total. The maximum atomic E-state index is 13.3. The Morgan fingerprint density at radius 2 is 1.55 bits per heavy atom. The lowest BCUT2D eigenvalue weighted by Crippen LogP contribution is -2.60. The molecular formula is C43H49N11O6. The summed E-state index contributed by atoms with van der Waals surface area (Å²) in [5.41, 5.74) is 10.3. The van der Waals surface area contributed by atoms with Gasteiger partial charge in [-0.25, -0.2) is 9.78 Å². The Morgan fingerprint density at radius 3 is 2.23 bits per heavy atom. The summed E-state index contributed by atoms with van der Waals surface area (Å²) in [5.74, 6) is -1.20. The summed E-state index contributed by atoms with van der Waals surface area (Å²) < 4.78 is 0. The van der Waals surface area contributed by atoms with Gasteiger partial charge in [0.05, 0.1) is 28.9 Å².